The Morgan fingerprint density at radius 3 is 2.60 bits per heavy atom. The van der Waals surface area contributed by atoms with E-state index in [1.165, 1.54) is 4.90 Å². The summed E-state index contributed by atoms with van der Waals surface area (Å²) < 4.78 is 4.03. The van der Waals surface area contributed by atoms with Crippen molar-refractivity contribution in [2.45, 2.75) is 18.9 Å². The van der Waals surface area contributed by atoms with Gasteiger partial charge in [0.15, 0.2) is 5.82 Å². The number of likely N-dealkylation sites (N-methyl/N-ethyl adjacent to an activating group) is 2. The number of rotatable bonds is 5. The molecule has 2 amide bonds. The Balaban J connectivity index is 2.14. The van der Waals surface area contributed by atoms with Crippen molar-refractivity contribution in [2.75, 3.05) is 38.3 Å². The number of carbonyl (C=O) groups excluding carboxylic acids is 2. The van der Waals surface area contributed by atoms with Gasteiger partial charge in [-0.3, -0.25) is 9.59 Å². The molecule has 0 bridgehead atoms. The first kappa shape index (κ1) is 14.6. The highest BCUT2D eigenvalue weighted by molar-refractivity contribution is 7.11. The molecule has 0 unspecified atom stereocenters. The van der Waals surface area contributed by atoms with E-state index in [-0.39, 0.29) is 30.2 Å². The zero-order valence-corrected chi connectivity index (χ0v) is 12.7. The summed E-state index contributed by atoms with van der Waals surface area (Å²) in [5.41, 5.74) is 6.15. The molecule has 1 aliphatic carbocycles. The van der Waals surface area contributed by atoms with Crippen LogP contribution in [0.2, 0.25) is 0 Å². The van der Waals surface area contributed by atoms with E-state index >= 15 is 0 Å². The monoisotopic (exact) mass is 297 g/mol. The Morgan fingerprint density at radius 2 is 2.05 bits per heavy atom. The second-order valence-corrected chi connectivity index (χ2v) is 5.89. The van der Waals surface area contributed by atoms with Crippen molar-refractivity contribution in [1.82, 2.24) is 14.6 Å². The first-order valence-electron chi connectivity index (χ1n) is 6.37. The summed E-state index contributed by atoms with van der Waals surface area (Å²) in [5, 5.41) is 3.52. The van der Waals surface area contributed by atoms with E-state index in [1.54, 1.807) is 26.0 Å². The van der Waals surface area contributed by atoms with Gasteiger partial charge in [-0.2, -0.15) is 4.37 Å². The van der Waals surface area contributed by atoms with Gasteiger partial charge >= 0.3 is 0 Å². The third-order valence-electron chi connectivity index (χ3n) is 3.06. The molecule has 0 spiro atoms. The highest BCUT2D eigenvalue weighted by Gasteiger charge is 2.28. The maximum absolute atomic E-state index is 12.2. The number of nitrogens with one attached hydrogen (secondary N) is 1. The molecule has 110 valence electrons. The van der Waals surface area contributed by atoms with Gasteiger partial charge in [0.2, 0.25) is 5.91 Å². The summed E-state index contributed by atoms with van der Waals surface area (Å²) in [4.78, 5) is 27.1. The zero-order valence-electron chi connectivity index (χ0n) is 11.8. The van der Waals surface area contributed by atoms with Crippen molar-refractivity contribution in [3.8, 4) is 0 Å². The first-order chi connectivity index (χ1) is 9.40. The van der Waals surface area contributed by atoms with Gasteiger partial charge in [0.25, 0.3) is 5.91 Å². The molecule has 0 aliphatic heterocycles. The molecule has 0 aromatic carbocycles. The lowest BCUT2D eigenvalue weighted by Gasteiger charge is -2.20. The fourth-order valence-corrected chi connectivity index (χ4v) is 2.44. The van der Waals surface area contributed by atoms with Gasteiger partial charge in [-0.15, -0.1) is 0 Å². The molecule has 1 aromatic rings. The van der Waals surface area contributed by atoms with Gasteiger partial charge in [0, 0.05) is 27.2 Å². The van der Waals surface area contributed by atoms with Crippen LogP contribution in [0.1, 0.15) is 23.2 Å². The summed E-state index contributed by atoms with van der Waals surface area (Å²) in [5.74, 6) is -0.0433. The molecule has 1 aliphatic rings. The second-order valence-electron chi connectivity index (χ2n) is 5.14. The Hall–Kier alpha value is -1.83. The lowest BCUT2D eigenvalue weighted by Crippen LogP contribution is -2.35. The van der Waals surface area contributed by atoms with E-state index in [1.807, 2.05) is 0 Å². The van der Waals surface area contributed by atoms with Gasteiger partial charge in [0.1, 0.15) is 10.6 Å². The fourth-order valence-electron chi connectivity index (χ4n) is 1.67. The molecule has 8 heteroatoms. The van der Waals surface area contributed by atoms with E-state index in [0.29, 0.717) is 10.6 Å². The minimum absolute atomic E-state index is 0.0481. The number of amides is 2. The fraction of sp³-hybridized carbons (Fsp3) is 0.583. The molecule has 2 rings (SSSR count). The van der Waals surface area contributed by atoms with Crippen LogP contribution in [-0.4, -0.2) is 54.8 Å². The van der Waals surface area contributed by atoms with Crippen LogP contribution >= 0.6 is 11.5 Å². The number of nitrogen functional groups attached to an aromatic ring is 1. The summed E-state index contributed by atoms with van der Waals surface area (Å²) in [6, 6.07) is 0.253. The summed E-state index contributed by atoms with van der Waals surface area (Å²) >= 11 is 1.13. The van der Waals surface area contributed by atoms with E-state index < -0.39 is 0 Å². The van der Waals surface area contributed by atoms with E-state index in [4.69, 9.17) is 5.73 Å². The minimum Gasteiger partial charge on any atom is -0.382 e. The third-order valence-corrected chi connectivity index (χ3v) is 4.03. The first-order valence-corrected chi connectivity index (χ1v) is 7.14. The van der Waals surface area contributed by atoms with Crippen LogP contribution in [0.3, 0.4) is 0 Å². The van der Waals surface area contributed by atoms with Gasteiger partial charge in [0.05, 0.1) is 6.54 Å². The summed E-state index contributed by atoms with van der Waals surface area (Å²) in [6.45, 7) is 0.179. The van der Waals surface area contributed by atoms with Gasteiger partial charge < -0.3 is 20.9 Å². The van der Waals surface area contributed by atoms with Crippen LogP contribution < -0.4 is 16.0 Å². The van der Waals surface area contributed by atoms with Gasteiger partial charge in [-0.05, 0) is 24.4 Å². The highest BCUT2D eigenvalue weighted by atomic mass is 32.1. The van der Waals surface area contributed by atoms with Gasteiger partial charge in [-0.1, -0.05) is 0 Å². The normalized spacial score (nSPS) is 13.9. The Bertz CT molecular complexity index is 524. The molecule has 1 fully saturated rings. The molecule has 7 nitrogen and oxygen atoms in total. The second kappa shape index (κ2) is 5.66. The minimum atomic E-state index is -0.210. The van der Waals surface area contributed by atoms with E-state index in [9.17, 15) is 9.59 Å². The number of nitrogens with two attached hydrogens (primary N) is 1. The lowest BCUT2D eigenvalue weighted by atomic mass is 10.2. The molecule has 1 heterocycles. The molecule has 0 saturated heterocycles. The van der Waals surface area contributed by atoms with Gasteiger partial charge in [-0.25, -0.2) is 0 Å². The lowest BCUT2D eigenvalue weighted by molar-refractivity contribution is -0.127. The Labute approximate surface area is 121 Å². The van der Waals surface area contributed by atoms with Crippen LogP contribution in [0.5, 0.6) is 0 Å². The highest BCUT2D eigenvalue weighted by Crippen LogP contribution is 2.30. The maximum atomic E-state index is 12.2. The molecule has 20 heavy (non-hydrogen) atoms. The molecular formula is C12H19N5O2S. The summed E-state index contributed by atoms with van der Waals surface area (Å²) in [6.07, 6.45) is 2.01. The average Bonchev–Trinajstić information content (AvgIpc) is 3.08. The van der Waals surface area contributed by atoms with Crippen molar-refractivity contribution >= 4 is 34.2 Å². The third kappa shape index (κ3) is 3.19. The van der Waals surface area contributed by atoms with Crippen LogP contribution in [0.25, 0.3) is 0 Å². The molecule has 1 aromatic heterocycles. The smallest absolute Gasteiger partial charge is 0.258 e. The Morgan fingerprint density at radius 1 is 1.40 bits per heavy atom. The SMILES string of the molecule is CN(C)C(=O)CN(C)c1snc(N)c1C(=O)NC1CC1. The van der Waals surface area contributed by atoms with Crippen molar-refractivity contribution in [2.24, 2.45) is 0 Å². The number of anilines is 2. The number of hydrogen-bond donors (Lipinski definition) is 2. The average molecular weight is 297 g/mol. The molecule has 0 radical (unpaired) electrons. The molecule has 0 atom stereocenters. The van der Waals surface area contributed by atoms with E-state index in [0.717, 1.165) is 24.4 Å². The summed E-state index contributed by atoms with van der Waals surface area (Å²) in [7, 11) is 5.14. The van der Waals surface area contributed by atoms with Crippen LogP contribution in [-0.2, 0) is 4.79 Å². The van der Waals surface area contributed by atoms with Crippen molar-refractivity contribution in [3.05, 3.63) is 5.56 Å². The van der Waals surface area contributed by atoms with Crippen LogP contribution in [0, 0.1) is 0 Å². The topological polar surface area (TPSA) is 91.6 Å². The molecule has 3 N–H and O–H groups in total. The number of nitrogens with zero attached hydrogens (tertiary/aromatic N) is 3. The largest absolute Gasteiger partial charge is 0.382 e. The Kier molecular flexibility index (Phi) is 4.12. The maximum Gasteiger partial charge on any atom is 0.258 e. The van der Waals surface area contributed by atoms with Crippen molar-refractivity contribution in [3.63, 3.8) is 0 Å². The standard InChI is InChI=1S/C12H19N5O2S/c1-16(2)8(18)6-17(3)12-9(10(13)15-20-12)11(19)14-7-4-5-7/h7H,4-6H2,1-3H3,(H2,13,15)(H,14,19). The van der Waals surface area contributed by atoms with Crippen molar-refractivity contribution < 1.29 is 9.59 Å². The van der Waals surface area contributed by atoms with Crippen molar-refractivity contribution in [1.29, 1.82) is 0 Å². The predicted molar refractivity (Wildman–Crippen MR) is 79.0 cm³/mol. The number of carbonyl (C=O) groups is 2. The quantitative estimate of drug-likeness (QED) is 0.807. The van der Waals surface area contributed by atoms with E-state index in [2.05, 4.69) is 9.69 Å². The zero-order chi connectivity index (χ0) is 14.9. The number of aromatic nitrogens is 1. The van der Waals surface area contributed by atoms with Crippen LogP contribution in [0.4, 0.5) is 10.8 Å². The molecule has 1 saturated carbocycles. The van der Waals surface area contributed by atoms with Crippen LogP contribution in [0.15, 0.2) is 0 Å². The number of hydrogen-bond acceptors (Lipinski definition) is 6. The predicted octanol–water partition coefficient (Wildman–Crippen LogP) is 0.142. The molecular weight excluding hydrogens is 278 g/mol.